The molecule has 0 rings (SSSR count). The summed E-state index contributed by atoms with van der Waals surface area (Å²) in [4.78, 5) is 11.8. The van der Waals surface area contributed by atoms with Gasteiger partial charge in [0, 0.05) is 6.42 Å². The molecule has 0 aliphatic heterocycles. The molecule has 0 amide bonds. The molecule has 0 saturated carbocycles. The molecule has 0 aromatic carbocycles. The van der Waals surface area contributed by atoms with Crippen LogP contribution in [0.1, 0.15) is 19.8 Å². The van der Waals surface area contributed by atoms with Crippen LogP contribution in [0.4, 0.5) is 0 Å². The molecule has 0 heterocycles. The van der Waals surface area contributed by atoms with Crippen LogP contribution in [0.5, 0.6) is 0 Å². The zero-order valence-corrected chi connectivity index (χ0v) is 3.85. The summed E-state index contributed by atoms with van der Waals surface area (Å²) in [6.07, 6.45) is 3.19. The second-order valence-electron chi connectivity index (χ2n) is 1.08. The third-order valence-corrected chi connectivity index (χ3v) is 0.492. The molecule has 2 heteroatoms. The quantitative estimate of drug-likeness (QED) is 0.359. The molecule has 34 valence electrons. The highest BCUT2D eigenvalue weighted by atomic mass is 16.2. The summed E-state index contributed by atoms with van der Waals surface area (Å²) in [6.45, 7) is 2.00. The van der Waals surface area contributed by atoms with Crippen molar-refractivity contribution in [2.75, 3.05) is 0 Å². The Morgan fingerprint density at radius 2 is 2.50 bits per heavy atom. The topological polar surface area (TPSA) is 31.2 Å². The predicted octanol–water partition coefficient (Wildman–Crippen LogP) is 0.691. The average Bonchev–Trinajstić information content (AvgIpc) is 1.61. The summed E-state index contributed by atoms with van der Waals surface area (Å²) >= 11 is 0. The van der Waals surface area contributed by atoms with Crippen LogP contribution >= 0.6 is 0 Å². The number of unbranched alkanes of at least 4 members (excludes halogenated alkanes) is 1. The molecule has 0 saturated heterocycles. The van der Waals surface area contributed by atoms with Crippen molar-refractivity contribution < 1.29 is 0 Å². The first-order valence-electron chi connectivity index (χ1n) is 2.06. The Morgan fingerprint density at radius 3 is 2.67 bits per heavy atom. The van der Waals surface area contributed by atoms with Gasteiger partial charge in [0.25, 0.3) is 0 Å². The monoisotopic (exact) mass is 86.1 g/mol. The van der Waals surface area contributed by atoms with Crippen LogP contribution in [0.3, 0.4) is 0 Å². The highest BCUT2D eigenvalue weighted by Gasteiger charge is 1.78. The van der Waals surface area contributed by atoms with Gasteiger partial charge in [0.1, 0.15) is 0 Å². The van der Waals surface area contributed by atoms with Crippen LogP contribution in [0.15, 0.2) is 0 Å². The molecule has 0 radical (unpaired) electrons. The normalized spacial score (nSPS) is 6.83. The molecule has 0 aromatic heterocycles. The van der Waals surface area contributed by atoms with Crippen LogP contribution in [-0.4, -0.2) is 6.21 Å². The second kappa shape index (κ2) is 4.38. The minimum atomic E-state index is 0.809. The Kier molecular flexibility index (Phi) is 3.93. The van der Waals surface area contributed by atoms with Crippen molar-refractivity contribution in [3.8, 4) is 0 Å². The standard InChI is InChI=1S/C4H8NO/c1-2-3-4-5-6/h4H,2-3H2,1H3/q+1. The predicted molar refractivity (Wildman–Crippen MR) is 26.5 cm³/mol. The van der Waals surface area contributed by atoms with Gasteiger partial charge in [-0.1, -0.05) is 6.92 Å². The van der Waals surface area contributed by atoms with E-state index < -0.39 is 0 Å². The molecule has 0 aromatic rings. The lowest BCUT2D eigenvalue weighted by molar-refractivity contribution is 1.01. The lowest BCUT2D eigenvalue weighted by Crippen LogP contribution is -1.71. The Balaban J connectivity index is 2.86. The van der Waals surface area contributed by atoms with Crippen LogP contribution < -0.4 is 4.85 Å². The van der Waals surface area contributed by atoms with Crippen LogP contribution in [0.2, 0.25) is 0 Å². The summed E-state index contributed by atoms with van der Waals surface area (Å²) < 4.78 is 0. The van der Waals surface area contributed by atoms with E-state index in [4.69, 9.17) is 0 Å². The van der Waals surface area contributed by atoms with Crippen molar-refractivity contribution in [2.24, 2.45) is 0 Å². The molecule has 2 nitrogen and oxygen atoms in total. The van der Waals surface area contributed by atoms with Gasteiger partial charge in [0.15, 0.2) is 4.91 Å². The lowest BCUT2D eigenvalue weighted by Gasteiger charge is -1.62. The van der Waals surface area contributed by atoms with Gasteiger partial charge in [-0.3, -0.25) is 0 Å². The van der Waals surface area contributed by atoms with E-state index in [1.54, 1.807) is 0 Å². The minimum absolute atomic E-state index is 0.809. The molecule has 0 spiro atoms. The maximum atomic E-state index is 9.26. The molecule has 0 unspecified atom stereocenters. The van der Waals surface area contributed by atoms with Gasteiger partial charge in [-0.05, 0) is 6.42 Å². The van der Waals surface area contributed by atoms with E-state index in [0.29, 0.717) is 0 Å². The van der Waals surface area contributed by atoms with E-state index in [0.717, 1.165) is 12.8 Å². The Bertz CT molecular complexity index is 63.9. The van der Waals surface area contributed by atoms with Gasteiger partial charge < -0.3 is 0 Å². The fraction of sp³-hybridized carbons (Fsp3) is 0.750. The fourth-order valence-electron chi connectivity index (χ4n) is 0.182. The van der Waals surface area contributed by atoms with Crippen LogP contribution in [0.25, 0.3) is 0 Å². The summed E-state index contributed by atoms with van der Waals surface area (Å²) in [5.41, 5.74) is 0. The molecular formula is C4H8NO+. The summed E-state index contributed by atoms with van der Waals surface area (Å²) in [6, 6.07) is 0. The van der Waals surface area contributed by atoms with Crippen molar-refractivity contribution in [3.05, 3.63) is 4.91 Å². The summed E-state index contributed by atoms with van der Waals surface area (Å²) in [5, 5.41) is 0. The Hall–Kier alpha value is -0.620. The molecule has 0 bridgehead atoms. The third-order valence-electron chi connectivity index (χ3n) is 0.492. The van der Waals surface area contributed by atoms with Crippen LogP contribution in [-0.2, 0) is 0 Å². The fourth-order valence-corrected chi connectivity index (χ4v) is 0.182. The van der Waals surface area contributed by atoms with Gasteiger partial charge in [0.05, 0.1) is 0 Å². The summed E-state index contributed by atoms with van der Waals surface area (Å²) in [7, 11) is 0. The van der Waals surface area contributed by atoms with Crippen molar-refractivity contribution in [1.82, 2.24) is 4.85 Å². The number of hydrogen-bond donors (Lipinski definition) is 0. The van der Waals surface area contributed by atoms with Crippen molar-refractivity contribution >= 4 is 6.21 Å². The molecule has 0 aliphatic carbocycles. The SMILES string of the molecule is CCCC=[N+]=O. The smallest absolute Gasteiger partial charge is 0.0648 e. The first-order valence-corrected chi connectivity index (χ1v) is 2.06. The molecule has 0 fully saturated rings. The minimum Gasteiger partial charge on any atom is -0.0648 e. The average molecular weight is 86.1 g/mol. The zero-order chi connectivity index (χ0) is 4.83. The van der Waals surface area contributed by atoms with Crippen molar-refractivity contribution in [1.29, 1.82) is 0 Å². The van der Waals surface area contributed by atoms with Crippen LogP contribution in [0, 0.1) is 4.91 Å². The van der Waals surface area contributed by atoms with E-state index in [2.05, 4.69) is 4.85 Å². The maximum Gasteiger partial charge on any atom is 0.338 e. The number of nitrogens with zero attached hydrogens (tertiary/aromatic N) is 1. The summed E-state index contributed by atoms with van der Waals surface area (Å²) in [5.74, 6) is 0. The van der Waals surface area contributed by atoms with Gasteiger partial charge in [-0.15, -0.1) is 0 Å². The first kappa shape index (κ1) is 5.38. The van der Waals surface area contributed by atoms with E-state index >= 15 is 0 Å². The van der Waals surface area contributed by atoms with E-state index in [-0.39, 0.29) is 0 Å². The second-order valence-corrected chi connectivity index (χ2v) is 1.08. The highest BCUT2D eigenvalue weighted by molar-refractivity contribution is 5.54. The van der Waals surface area contributed by atoms with Gasteiger partial charge >= 0.3 is 6.21 Å². The molecule has 6 heavy (non-hydrogen) atoms. The van der Waals surface area contributed by atoms with E-state index in [9.17, 15) is 4.91 Å². The zero-order valence-electron chi connectivity index (χ0n) is 3.85. The Labute approximate surface area is 36.9 Å². The third kappa shape index (κ3) is 3.38. The van der Waals surface area contributed by atoms with Gasteiger partial charge in [-0.2, -0.15) is 0 Å². The number of hydrogen-bond acceptors (Lipinski definition) is 1. The molecule has 0 N–H and O–H groups in total. The highest BCUT2D eigenvalue weighted by Crippen LogP contribution is 1.74. The van der Waals surface area contributed by atoms with Crippen molar-refractivity contribution in [2.45, 2.75) is 19.8 Å². The van der Waals surface area contributed by atoms with E-state index in [1.165, 1.54) is 6.21 Å². The van der Waals surface area contributed by atoms with Crippen molar-refractivity contribution in [3.63, 3.8) is 0 Å². The molecule has 0 aliphatic rings. The van der Waals surface area contributed by atoms with E-state index in [1.807, 2.05) is 6.92 Å². The first-order chi connectivity index (χ1) is 2.91. The molecular weight excluding hydrogens is 78.0 g/mol. The largest absolute Gasteiger partial charge is 0.338 e. The lowest BCUT2D eigenvalue weighted by atomic mass is 10.4. The maximum absolute atomic E-state index is 9.26. The van der Waals surface area contributed by atoms with Gasteiger partial charge in [0.2, 0.25) is 4.85 Å². The number of nitroso groups, excluding NO2 is 1. The Morgan fingerprint density at radius 1 is 1.83 bits per heavy atom. The molecule has 0 atom stereocenters. The number of rotatable bonds is 2. The van der Waals surface area contributed by atoms with Gasteiger partial charge in [-0.25, -0.2) is 0 Å².